The standard InChI is InChI=1S/C12H16O2.C11H13FOS.C7H7Cl.C2H6/c1-4-7-14-12(13)11-6-5-9(2)10(3)8-11;1-8(13)7-14-9(2)10-3-5-11(12)6-4-10;1-6-4-2-3-5-7(6)8;1-2/h5-6,8H,4,7H2,1-3H3;3-6,9H,7H2,1-2H3;2-5H,1H3;1-2H3. The third-order valence-corrected chi connectivity index (χ3v) is 6.90. The van der Waals surface area contributed by atoms with Crippen molar-refractivity contribution in [2.45, 2.75) is 67.1 Å². The van der Waals surface area contributed by atoms with Gasteiger partial charge in [0.15, 0.2) is 0 Å². The van der Waals surface area contributed by atoms with E-state index in [0.717, 1.165) is 28.1 Å². The topological polar surface area (TPSA) is 43.4 Å². The molecular weight excluding hydrogens is 519 g/mol. The molecule has 0 saturated heterocycles. The van der Waals surface area contributed by atoms with E-state index in [1.54, 1.807) is 36.9 Å². The maximum Gasteiger partial charge on any atom is 0.338 e. The third-order valence-electron chi connectivity index (χ3n) is 5.13. The Morgan fingerprint density at radius 2 is 1.53 bits per heavy atom. The average Bonchev–Trinajstić information content (AvgIpc) is 2.91. The van der Waals surface area contributed by atoms with Crippen molar-refractivity contribution in [2.24, 2.45) is 0 Å². The number of halogens is 2. The van der Waals surface area contributed by atoms with E-state index < -0.39 is 0 Å². The van der Waals surface area contributed by atoms with Gasteiger partial charge >= 0.3 is 5.97 Å². The summed E-state index contributed by atoms with van der Waals surface area (Å²) < 4.78 is 17.6. The maximum atomic E-state index is 12.6. The first-order valence-electron chi connectivity index (χ1n) is 12.9. The Bertz CT molecular complexity index is 1080. The van der Waals surface area contributed by atoms with Gasteiger partial charge < -0.3 is 4.74 Å². The van der Waals surface area contributed by atoms with Gasteiger partial charge in [0.2, 0.25) is 0 Å². The number of hydrogen-bond acceptors (Lipinski definition) is 4. The summed E-state index contributed by atoms with van der Waals surface area (Å²) in [6.07, 6.45) is 0.858. The number of thioether (sulfide) groups is 1. The van der Waals surface area contributed by atoms with Gasteiger partial charge in [-0.1, -0.05) is 68.8 Å². The molecule has 0 heterocycles. The summed E-state index contributed by atoms with van der Waals surface area (Å²) in [5, 5.41) is 1.08. The van der Waals surface area contributed by atoms with Crippen LogP contribution in [-0.2, 0) is 9.53 Å². The zero-order chi connectivity index (χ0) is 29.1. The van der Waals surface area contributed by atoms with E-state index in [0.29, 0.717) is 17.9 Å². The molecule has 0 amide bonds. The number of ketones is 1. The summed E-state index contributed by atoms with van der Waals surface area (Å²) in [7, 11) is 0. The fraction of sp³-hybridized carbons (Fsp3) is 0.375. The first-order chi connectivity index (χ1) is 18.0. The third kappa shape index (κ3) is 14.9. The largest absolute Gasteiger partial charge is 0.462 e. The maximum absolute atomic E-state index is 12.6. The van der Waals surface area contributed by atoms with E-state index in [-0.39, 0.29) is 22.8 Å². The second-order valence-electron chi connectivity index (χ2n) is 8.39. The summed E-state index contributed by atoms with van der Waals surface area (Å²) in [5.41, 5.74) is 5.14. The number of carbonyl (C=O) groups excluding carboxylic acids is 2. The van der Waals surface area contributed by atoms with Gasteiger partial charge in [0.25, 0.3) is 0 Å². The molecule has 6 heteroatoms. The molecule has 3 aromatic carbocycles. The lowest BCUT2D eigenvalue weighted by molar-refractivity contribution is -0.114. The first kappa shape index (κ1) is 35.4. The predicted octanol–water partition coefficient (Wildman–Crippen LogP) is 9.75. The van der Waals surface area contributed by atoms with E-state index >= 15 is 0 Å². The van der Waals surface area contributed by atoms with Crippen LogP contribution in [0.15, 0.2) is 66.7 Å². The number of ether oxygens (including phenoxy) is 1. The molecule has 3 nitrogen and oxygen atoms in total. The molecule has 0 aliphatic heterocycles. The Morgan fingerprint density at radius 3 is 2.00 bits per heavy atom. The highest BCUT2D eigenvalue weighted by molar-refractivity contribution is 8.00. The van der Waals surface area contributed by atoms with E-state index in [9.17, 15) is 14.0 Å². The van der Waals surface area contributed by atoms with Gasteiger partial charge in [-0.15, -0.1) is 11.8 Å². The molecule has 38 heavy (non-hydrogen) atoms. The highest BCUT2D eigenvalue weighted by atomic mass is 35.5. The van der Waals surface area contributed by atoms with Gasteiger partial charge in [-0.25, -0.2) is 9.18 Å². The quantitative estimate of drug-likeness (QED) is 0.270. The summed E-state index contributed by atoms with van der Waals surface area (Å²) in [6.45, 7) is 16.1. The zero-order valence-corrected chi connectivity index (χ0v) is 25.5. The van der Waals surface area contributed by atoms with Crippen LogP contribution in [0.4, 0.5) is 4.39 Å². The average molecular weight is 561 g/mol. The zero-order valence-electron chi connectivity index (χ0n) is 23.9. The molecular formula is C32H42ClFO3S. The van der Waals surface area contributed by atoms with Gasteiger partial charge in [-0.05, 0) is 93.6 Å². The lowest BCUT2D eigenvalue weighted by Gasteiger charge is -2.09. The van der Waals surface area contributed by atoms with Crippen LogP contribution in [0, 0.1) is 26.6 Å². The molecule has 1 atom stereocenters. The SMILES string of the molecule is CC.CC(=O)CSC(C)c1ccc(F)cc1.CCCOC(=O)c1ccc(C)c(C)c1.Cc1ccccc1Cl. The molecule has 3 rings (SSSR count). The Kier molecular flexibility index (Phi) is 18.9. The Balaban J connectivity index is 0.000000541. The van der Waals surface area contributed by atoms with Crippen molar-refractivity contribution in [3.63, 3.8) is 0 Å². The van der Waals surface area contributed by atoms with Crippen molar-refractivity contribution in [3.8, 4) is 0 Å². The van der Waals surface area contributed by atoms with Gasteiger partial charge in [0, 0.05) is 10.3 Å². The lowest BCUT2D eigenvalue weighted by atomic mass is 10.1. The molecule has 0 radical (unpaired) electrons. The Hall–Kier alpha value is -2.63. The first-order valence-corrected chi connectivity index (χ1v) is 14.3. The number of Topliss-reactive ketones (excluding diaryl/α,β-unsaturated/α-hetero) is 1. The minimum absolute atomic E-state index is 0.170. The predicted molar refractivity (Wildman–Crippen MR) is 162 cm³/mol. The van der Waals surface area contributed by atoms with Gasteiger partial charge in [-0.2, -0.15) is 0 Å². The van der Waals surface area contributed by atoms with E-state index in [2.05, 4.69) is 0 Å². The van der Waals surface area contributed by atoms with Crippen LogP contribution in [0.3, 0.4) is 0 Å². The van der Waals surface area contributed by atoms with Crippen LogP contribution in [0.1, 0.15) is 78.9 Å². The van der Waals surface area contributed by atoms with Crippen molar-refractivity contribution in [3.05, 3.63) is 105 Å². The number of benzene rings is 3. The molecule has 0 N–H and O–H groups in total. The number of hydrogen-bond donors (Lipinski definition) is 0. The molecule has 0 aliphatic rings. The van der Waals surface area contributed by atoms with Gasteiger partial charge in [0.1, 0.15) is 11.6 Å². The summed E-state index contributed by atoms with van der Waals surface area (Å²) >= 11 is 7.28. The van der Waals surface area contributed by atoms with Crippen molar-refractivity contribution >= 4 is 35.1 Å². The molecule has 0 aromatic heterocycles. The molecule has 3 aromatic rings. The van der Waals surface area contributed by atoms with Crippen LogP contribution in [0.2, 0.25) is 5.02 Å². The highest BCUT2D eigenvalue weighted by Gasteiger charge is 2.07. The fourth-order valence-electron chi connectivity index (χ4n) is 2.77. The minimum Gasteiger partial charge on any atom is -0.462 e. The molecule has 0 saturated carbocycles. The van der Waals surface area contributed by atoms with Crippen molar-refractivity contribution < 1.29 is 18.7 Å². The fourth-order valence-corrected chi connectivity index (χ4v) is 3.74. The number of carbonyl (C=O) groups is 2. The normalized spacial score (nSPS) is 10.4. The van der Waals surface area contributed by atoms with Crippen molar-refractivity contribution in [1.29, 1.82) is 0 Å². The van der Waals surface area contributed by atoms with E-state index in [1.165, 1.54) is 17.7 Å². The second kappa shape index (κ2) is 20.3. The van der Waals surface area contributed by atoms with Gasteiger partial charge in [-0.3, -0.25) is 4.79 Å². The smallest absolute Gasteiger partial charge is 0.338 e. The molecule has 0 aliphatic carbocycles. The lowest BCUT2D eigenvalue weighted by Crippen LogP contribution is -2.06. The Labute approximate surface area is 238 Å². The van der Waals surface area contributed by atoms with Gasteiger partial charge in [0.05, 0.1) is 17.9 Å². The number of rotatable bonds is 7. The molecule has 1 unspecified atom stereocenters. The van der Waals surface area contributed by atoms with Crippen LogP contribution < -0.4 is 0 Å². The summed E-state index contributed by atoms with van der Waals surface area (Å²) in [6, 6.07) is 19.8. The monoisotopic (exact) mass is 560 g/mol. The molecule has 0 bridgehead atoms. The van der Waals surface area contributed by atoms with E-state index in [1.807, 2.05) is 84.9 Å². The van der Waals surface area contributed by atoms with Crippen molar-refractivity contribution in [1.82, 2.24) is 0 Å². The molecule has 0 fully saturated rings. The Morgan fingerprint density at radius 1 is 0.921 bits per heavy atom. The van der Waals surface area contributed by atoms with Crippen LogP contribution in [0.5, 0.6) is 0 Å². The van der Waals surface area contributed by atoms with Crippen LogP contribution in [0.25, 0.3) is 0 Å². The van der Waals surface area contributed by atoms with Crippen molar-refractivity contribution in [2.75, 3.05) is 12.4 Å². The number of aryl methyl sites for hydroxylation is 3. The second-order valence-corrected chi connectivity index (χ2v) is 10.1. The summed E-state index contributed by atoms with van der Waals surface area (Å²) in [5.74, 6) is 0.231. The van der Waals surface area contributed by atoms with Crippen LogP contribution in [-0.4, -0.2) is 24.1 Å². The number of esters is 1. The minimum atomic E-state index is -0.227. The molecule has 208 valence electrons. The highest BCUT2D eigenvalue weighted by Crippen LogP contribution is 2.27. The summed E-state index contributed by atoms with van der Waals surface area (Å²) in [4.78, 5) is 22.2. The van der Waals surface area contributed by atoms with Crippen LogP contribution >= 0.6 is 23.4 Å². The van der Waals surface area contributed by atoms with E-state index in [4.69, 9.17) is 16.3 Å². The molecule has 0 spiro atoms.